The normalized spacial score (nSPS) is 15.3. The Bertz CT molecular complexity index is 87.3. The van der Waals surface area contributed by atoms with Crippen molar-refractivity contribution in [2.24, 2.45) is 16.9 Å². The largest absolute Gasteiger partial charge is 0.330 e. The van der Waals surface area contributed by atoms with Gasteiger partial charge >= 0.3 is 0 Å². The minimum Gasteiger partial charge on any atom is -0.330 e. The zero-order valence-electron chi connectivity index (χ0n) is 7.35. The molecule has 1 atom stereocenters. The molecule has 1 unspecified atom stereocenters. The van der Waals surface area contributed by atoms with Gasteiger partial charge in [-0.3, -0.25) is 0 Å². The maximum Gasteiger partial charge on any atom is 0.00617 e. The van der Waals surface area contributed by atoms with Crippen molar-refractivity contribution < 1.29 is 0 Å². The minimum atomic E-state index is 0.249. The zero-order chi connectivity index (χ0) is 8.20. The Hall–Kier alpha value is -0.0800. The van der Waals surface area contributed by atoms with Crippen LogP contribution in [0.3, 0.4) is 0 Å². The highest BCUT2D eigenvalue weighted by Gasteiger charge is 2.21. The van der Waals surface area contributed by atoms with E-state index in [0.29, 0.717) is 0 Å². The predicted octanol–water partition coefficient (Wildman–Crippen LogP) is 1.10. The van der Waals surface area contributed by atoms with E-state index in [1.165, 1.54) is 0 Å². The first-order valence-electron chi connectivity index (χ1n) is 3.96. The predicted molar refractivity (Wildman–Crippen MR) is 45.7 cm³/mol. The molecule has 4 N–H and O–H groups in total. The third-order valence-electron chi connectivity index (χ3n) is 2.26. The van der Waals surface area contributed by atoms with E-state index in [4.69, 9.17) is 11.5 Å². The van der Waals surface area contributed by atoms with Crippen LogP contribution in [0.4, 0.5) is 0 Å². The average molecular weight is 144 g/mol. The summed E-state index contributed by atoms with van der Waals surface area (Å²) >= 11 is 0. The molecule has 2 nitrogen and oxygen atoms in total. The average Bonchev–Trinajstić information content (AvgIpc) is 1.84. The van der Waals surface area contributed by atoms with Crippen molar-refractivity contribution >= 4 is 0 Å². The van der Waals surface area contributed by atoms with Crippen LogP contribution >= 0.6 is 0 Å². The molecule has 0 saturated carbocycles. The van der Waals surface area contributed by atoms with Gasteiger partial charge in [-0.1, -0.05) is 13.8 Å². The van der Waals surface area contributed by atoms with Crippen LogP contribution < -0.4 is 11.5 Å². The number of nitrogens with two attached hydrogens (primary N) is 2. The van der Waals surface area contributed by atoms with Gasteiger partial charge < -0.3 is 11.5 Å². The summed E-state index contributed by atoms with van der Waals surface area (Å²) in [6.45, 7) is 7.20. The Kier molecular flexibility index (Phi) is 3.91. The maximum absolute atomic E-state index is 5.77. The quantitative estimate of drug-likeness (QED) is 0.620. The summed E-state index contributed by atoms with van der Waals surface area (Å²) in [5.74, 6) is 0. The monoisotopic (exact) mass is 144 g/mol. The van der Waals surface area contributed by atoms with Gasteiger partial charge in [0.05, 0.1) is 0 Å². The molecule has 0 heterocycles. The summed E-state index contributed by atoms with van der Waals surface area (Å²) in [4.78, 5) is 0. The summed E-state index contributed by atoms with van der Waals surface area (Å²) in [5, 5.41) is 0. The van der Waals surface area contributed by atoms with E-state index >= 15 is 0 Å². The van der Waals surface area contributed by atoms with E-state index in [9.17, 15) is 0 Å². The summed E-state index contributed by atoms with van der Waals surface area (Å²) in [5.41, 5.74) is 11.4. The second kappa shape index (κ2) is 3.94. The lowest BCUT2D eigenvalue weighted by molar-refractivity contribution is 0.272. The Morgan fingerprint density at radius 2 is 1.90 bits per heavy atom. The van der Waals surface area contributed by atoms with Crippen molar-refractivity contribution in [2.75, 3.05) is 6.54 Å². The van der Waals surface area contributed by atoms with Crippen LogP contribution in [0.1, 0.15) is 33.6 Å². The summed E-state index contributed by atoms with van der Waals surface area (Å²) in [6.07, 6.45) is 2.20. The van der Waals surface area contributed by atoms with Gasteiger partial charge in [0.1, 0.15) is 0 Å². The Balaban J connectivity index is 3.63. The van der Waals surface area contributed by atoms with Gasteiger partial charge in [0.2, 0.25) is 0 Å². The fourth-order valence-electron chi connectivity index (χ4n) is 0.785. The molecule has 0 aromatic carbocycles. The lowest BCUT2D eigenvalue weighted by Gasteiger charge is -2.28. The lowest BCUT2D eigenvalue weighted by Crippen LogP contribution is -2.34. The van der Waals surface area contributed by atoms with E-state index in [1.54, 1.807) is 0 Å². The minimum absolute atomic E-state index is 0.249. The molecule has 0 aliphatic rings. The van der Waals surface area contributed by atoms with Crippen molar-refractivity contribution in [1.82, 2.24) is 0 Å². The maximum atomic E-state index is 5.77. The van der Waals surface area contributed by atoms with Gasteiger partial charge in [0, 0.05) is 6.04 Å². The molecule has 0 spiro atoms. The van der Waals surface area contributed by atoms with Crippen molar-refractivity contribution in [2.45, 2.75) is 39.7 Å². The molecule has 62 valence electrons. The van der Waals surface area contributed by atoms with Crippen LogP contribution in [0, 0.1) is 5.41 Å². The van der Waals surface area contributed by atoms with E-state index < -0.39 is 0 Å². The van der Waals surface area contributed by atoms with Gasteiger partial charge in [0.15, 0.2) is 0 Å². The molecule has 0 saturated heterocycles. The van der Waals surface area contributed by atoms with Crippen molar-refractivity contribution in [3.05, 3.63) is 0 Å². The first-order valence-corrected chi connectivity index (χ1v) is 3.96. The molecule has 0 rings (SSSR count). The van der Waals surface area contributed by atoms with Gasteiger partial charge in [-0.25, -0.2) is 0 Å². The highest BCUT2D eigenvalue weighted by atomic mass is 14.7. The third-order valence-corrected chi connectivity index (χ3v) is 2.26. The van der Waals surface area contributed by atoms with Crippen LogP contribution in [0.25, 0.3) is 0 Å². The summed E-state index contributed by atoms with van der Waals surface area (Å²) in [6, 6.07) is 0.263. The molecule has 0 aliphatic carbocycles. The van der Waals surface area contributed by atoms with Crippen molar-refractivity contribution in [1.29, 1.82) is 0 Å². The lowest BCUT2D eigenvalue weighted by atomic mass is 9.81. The molecule has 0 amide bonds. The fourth-order valence-corrected chi connectivity index (χ4v) is 0.785. The van der Waals surface area contributed by atoms with Gasteiger partial charge in [-0.2, -0.15) is 0 Å². The SMILES string of the molecule is CC(N)C(C)(C)CCCN. The molecule has 0 bridgehead atoms. The molecule has 0 aromatic rings. The summed E-state index contributed by atoms with van der Waals surface area (Å²) < 4.78 is 0. The van der Waals surface area contributed by atoms with E-state index in [2.05, 4.69) is 20.8 Å². The number of hydrogen-bond acceptors (Lipinski definition) is 2. The van der Waals surface area contributed by atoms with E-state index in [-0.39, 0.29) is 11.5 Å². The molecule has 0 aromatic heterocycles. The van der Waals surface area contributed by atoms with Gasteiger partial charge in [0.25, 0.3) is 0 Å². The van der Waals surface area contributed by atoms with E-state index in [0.717, 1.165) is 19.4 Å². The fraction of sp³-hybridized carbons (Fsp3) is 1.00. The highest BCUT2D eigenvalue weighted by molar-refractivity contribution is 4.77. The Morgan fingerprint density at radius 3 is 2.20 bits per heavy atom. The molecular weight excluding hydrogens is 124 g/mol. The van der Waals surface area contributed by atoms with E-state index in [1.807, 2.05) is 0 Å². The van der Waals surface area contributed by atoms with Crippen molar-refractivity contribution in [3.63, 3.8) is 0 Å². The van der Waals surface area contributed by atoms with Crippen molar-refractivity contribution in [3.8, 4) is 0 Å². The number of rotatable bonds is 4. The second-order valence-corrected chi connectivity index (χ2v) is 3.67. The molecule has 2 heteroatoms. The number of hydrogen-bond donors (Lipinski definition) is 2. The first-order chi connectivity index (χ1) is 4.50. The molecule has 0 aliphatic heterocycles. The van der Waals surface area contributed by atoms with Crippen LogP contribution in [-0.4, -0.2) is 12.6 Å². The van der Waals surface area contributed by atoms with Crippen LogP contribution in [0.2, 0.25) is 0 Å². The molecular formula is C8H20N2. The van der Waals surface area contributed by atoms with Crippen LogP contribution in [0.15, 0.2) is 0 Å². The standard InChI is InChI=1S/C8H20N2/c1-7(10)8(2,3)5-4-6-9/h7H,4-6,9-10H2,1-3H3. The van der Waals surface area contributed by atoms with Gasteiger partial charge in [-0.15, -0.1) is 0 Å². The van der Waals surface area contributed by atoms with Gasteiger partial charge in [-0.05, 0) is 31.7 Å². The topological polar surface area (TPSA) is 52.0 Å². The van der Waals surface area contributed by atoms with Crippen LogP contribution in [-0.2, 0) is 0 Å². The highest BCUT2D eigenvalue weighted by Crippen LogP contribution is 2.24. The summed E-state index contributed by atoms with van der Waals surface area (Å²) in [7, 11) is 0. The second-order valence-electron chi connectivity index (χ2n) is 3.67. The Morgan fingerprint density at radius 1 is 1.40 bits per heavy atom. The first kappa shape index (κ1) is 9.92. The van der Waals surface area contributed by atoms with Crippen LogP contribution in [0.5, 0.6) is 0 Å². The Labute approximate surface area is 64.0 Å². The third kappa shape index (κ3) is 3.18. The molecule has 0 fully saturated rings. The zero-order valence-corrected chi connectivity index (χ0v) is 7.35. The smallest absolute Gasteiger partial charge is 0.00617 e. The molecule has 0 radical (unpaired) electrons. The molecule has 10 heavy (non-hydrogen) atoms.